The van der Waals surface area contributed by atoms with Crippen LogP contribution in [0, 0.1) is 0 Å². The van der Waals surface area contributed by atoms with Gasteiger partial charge in [0.15, 0.2) is 24.6 Å². The van der Waals surface area contributed by atoms with Crippen LogP contribution >= 0.6 is 0 Å². The van der Waals surface area contributed by atoms with E-state index in [2.05, 4.69) is 0 Å². The SMILES string of the molecule is CC1(F)C[N+](=C2C=CC3=C(c4cc(C(=O)CN5C(=O)CCC5=O)ccc4C(=O)O)c4ccc(N5CC(F)(F)C5)cc4C(C)(C)C3=C2)C1. The molecule has 1 N–H and O–H groups in total. The first-order chi connectivity index (χ1) is 22.0. The van der Waals surface area contributed by atoms with E-state index in [0.717, 1.165) is 27.3 Å². The number of imide groups is 1. The van der Waals surface area contributed by atoms with E-state index >= 15 is 0 Å². The predicted octanol–water partition coefficient (Wildman–Crippen LogP) is 4.96. The molecule has 5 aliphatic rings. The number of nitrogens with zero attached hydrogens (tertiary/aromatic N) is 3. The van der Waals surface area contributed by atoms with Crippen LogP contribution in [0.4, 0.5) is 18.9 Å². The lowest BCUT2D eigenvalue weighted by atomic mass is 9.64. The van der Waals surface area contributed by atoms with E-state index in [1.807, 2.05) is 42.7 Å². The smallest absolute Gasteiger partial charge is 0.336 e. The quantitative estimate of drug-likeness (QED) is 0.272. The first-order valence-corrected chi connectivity index (χ1v) is 15.5. The summed E-state index contributed by atoms with van der Waals surface area (Å²) in [5, 5.41) is 10.3. The number of likely N-dealkylation sites (tertiary alicyclic amines) is 1. The van der Waals surface area contributed by atoms with Crippen molar-refractivity contribution in [3.05, 3.63) is 93.6 Å². The molecule has 3 fully saturated rings. The standard InChI is InChI=1S/C36H32F3N3O5/c1-34(2)27-13-21(40-16-35(3,37)17-40)5-8-24(27)32(25-9-6-22(14-28(25)34)41-18-36(38,39)19-41)26-12-20(4-7-23(26)33(46)47)29(43)15-42-30(44)10-11-31(42)45/h4-9,12-14H,10-11,15-19H2,1-3H3/p+1. The Kier molecular flexibility index (Phi) is 6.79. The minimum absolute atomic E-state index is 0.0393. The number of halogens is 3. The van der Waals surface area contributed by atoms with Crippen LogP contribution in [0.3, 0.4) is 0 Å². The summed E-state index contributed by atoms with van der Waals surface area (Å²) in [7, 11) is 0. The highest BCUT2D eigenvalue weighted by atomic mass is 19.3. The van der Waals surface area contributed by atoms with Crippen LogP contribution in [-0.2, 0) is 15.0 Å². The summed E-state index contributed by atoms with van der Waals surface area (Å²) in [6.07, 6.45) is 5.79. The Labute approximate surface area is 269 Å². The van der Waals surface area contributed by atoms with Crippen LogP contribution in [-0.4, -0.2) is 88.2 Å². The number of anilines is 1. The molecule has 0 unspecified atom stereocenters. The molecule has 0 atom stereocenters. The minimum Gasteiger partial charge on any atom is -0.478 e. The Hall–Kier alpha value is -4.80. The lowest BCUT2D eigenvalue weighted by Crippen LogP contribution is -2.56. The van der Waals surface area contributed by atoms with E-state index in [1.165, 1.54) is 18.2 Å². The van der Waals surface area contributed by atoms with Crippen LogP contribution in [0.5, 0.6) is 0 Å². The van der Waals surface area contributed by atoms with E-state index < -0.39 is 60.2 Å². The van der Waals surface area contributed by atoms with Crippen molar-refractivity contribution in [2.75, 3.05) is 37.6 Å². The van der Waals surface area contributed by atoms with Gasteiger partial charge in [0.25, 0.3) is 5.92 Å². The third-order valence-corrected chi connectivity index (χ3v) is 9.81. The first kappa shape index (κ1) is 30.8. The van der Waals surface area contributed by atoms with Crippen molar-refractivity contribution >= 4 is 40.5 Å². The van der Waals surface area contributed by atoms with Crippen molar-refractivity contribution in [3.8, 4) is 0 Å². The molecule has 242 valence electrons. The molecule has 0 bridgehead atoms. The van der Waals surface area contributed by atoms with Gasteiger partial charge in [-0.1, -0.05) is 26.0 Å². The van der Waals surface area contributed by atoms with Gasteiger partial charge in [0.2, 0.25) is 17.5 Å². The molecule has 0 radical (unpaired) electrons. The maximum Gasteiger partial charge on any atom is 0.336 e. The third-order valence-electron chi connectivity index (χ3n) is 9.81. The second kappa shape index (κ2) is 10.4. The second-order valence-electron chi connectivity index (χ2n) is 13.8. The predicted molar refractivity (Wildman–Crippen MR) is 168 cm³/mol. The number of alkyl halides is 3. The molecule has 2 aromatic carbocycles. The molecule has 2 aromatic rings. The average molecular weight is 645 g/mol. The van der Waals surface area contributed by atoms with Crippen LogP contribution in [0.2, 0.25) is 0 Å². The van der Waals surface area contributed by atoms with Gasteiger partial charge in [-0.3, -0.25) is 19.3 Å². The second-order valence-corrected chi connectivity index (χ2v) is 13.8. The summed E-state index contributed by atoms with van der Waals surface area (Å²) in [5.41, 5.74) is 3.32. The summed E-state index contributed by atoms with van der Waals surface area (Å²) >= 11 is 0. The van der Waals surface area contributed by atoms with Gasteiger partial charge in [-0.15, -0.1) is 0 Å². The van der Waals surface area contributed by atoms with E-state index in [-0.39, 0.29) is 42.6 Å². The summed E-state index contributed by atoms with van der Waals surface area (Å²) < 4.78 is 44.1. The Morgan fingerprint density at radius 1 is 0.915 bits per heavy atom. The average Bonchev–Trinajstić information content (AvgIpc) is 3.30. The van der Waals surface area contributed by atoms with Crippen molar-refractivity contribution in [2.45, 2.75) is 50.6 Å². The van der Waals surface area contributed by atoms with Gasteiger partial charge >= 0.3 is 5.97 Å². The maximum absolute atomic E-state index is 14.5. The van der Waals surface area contributed by atoms with Crippen molar-refractivity contribution in [1.82, 2.24) is 4.90 Å². The minimum atomic E-state index is -2.78. The highest BCUT2D eigenvalue weighted by Gasteiger charge is 2.48. The highest BCUT2D eigenvalue weighted by molar-refractivity contribution is 6.11. The van der Waals surface area contributed by atoms with E-state index in [9.17, 15) is 37.5 Å². The van der Waals surface area contributed by atoms with Gasteiger partial charge in [0.1, 0.15) is 0 Å². The summed E-state index contributed by atoms with van der Waals surface area (Å²) in [4.78, 5) is 53.0. The van der Waals surface area contributed by atoms with Crippen molar-refractivity contribution in [3.63, 3.8) is 0 Å². The van der Waals surface area contributed by atoms with Gasteiger partial charge in [-0.25, -0.2) is 22.5 Å². The van der Waals surface area contributed by atoms with Gasteiger partial charge in [-0.05, 0) is 70.7 Å². The number of hydrogen-bond donors (Lipinski definition) is 1. The molecule has 47 heavy (non-hydrogen) atoms. The zero-order valence-corrected chi connectivity index (χ0v) is 26.2. The van der Waals surface area contributed by atoms with Gasteiger partial charge < -0.3 is 10.0 Å². The maximum atomic E-state index is 14.5. The van der Waals surface area contributed by atoms with E-state index in [1.54, 1.807) is 24.0 Å². The fraction of sp³-hybridized carbons (Fsp3) is 0.361. The summed E-state index contributed by atoms with van der Waals surface area (Å²) in [6, 6.07) is 9.62. The monoisotopic (exact) mass is 644 g/mol. The number of Topliss-reactive ketones (excluding diaryl/α,β-unsaturated/α-hetero) is 1. The molecule has 11 heteroatoms. The lowest BCUT2D eigenvalue weighted by molar-refractivity contribution is -0.619. The first-order valence-electron chi connectivity index (χ1n) is 15.5. The molecule has 8 nitrogen and oxygen atoms in total. The summed E-state index contributed by atoms with van der Waals surface area (Å²) in [6.45, 7) is 4.76. The Bertz CT molecular complexity index is 1920. The zero-order chi connectivity index (χ0) is 33.6. The van der Waals surface area contributed by atoms with E-state index in [4.69, 9.17) is 0 Å². The number of carbonyl (C=O) groups excluding carboxylic acids is 3. The van der Waals surface area contributed by atoms with Crippen LogP contribution in [0.15, 0.2) is 65.8 Å². The number of carbonyl (C=O) groups is 4. The number of aromatic carboxylic acids is 1. The van der Waals surface area contributed by atoms with Gasteiger partial charge in [0.05, 0.1) is 25.2 Å². The fourth-order valence-corrected chi connectivity index (χ4v) is 7.28. The number of benzene rings is 2. The van der Waals surface area contributed by atoms with Gasteiger partial charge in [-0.2, -0.15) is 0 Å². The highest BCUT2D eigenvalue weighted by Crippen LogP contribution is 2.51. The molecule has 2 aliphatic carbocycles. The summed E-state index contributed by atoms with van der Waals surface area (Å²) in [5.74, 6) is -5.37. The molecule has 7 rings (SSSR count). The van der Waals surface area contributed by atoms with Crippen molar-refractivity contribution in [2.24, 2.45) is 0 Å². The zero-order valence-electron chi connectivity index (χ0n) is 26.2. The van der Waals surface area contributed by atoms with Crippen molar-refractivity contribution < 1.29 is 42.0 Å². The Morgan fingerprint density at radius 3 is 2.21 bits per heavy atom. The molecular weight excluding hydrogens is 611 g/mol. The van der Waals surface area contributed by atoms with Crippen LogP contribution < -0.4 is 4.90 Å². The molecule has 0 aromatic heterocycles. The lowest BCUT2D eigenvalue weighted by Gasteiger charge is -2.43. The van der Waals surface area contributed by atoms with E-state index in [0.29, 0.717) is 16.8 Å². The topological polar surface area (TPSA) is 98.0 Å². The number of carboxylic acid groups (broad SMARTS) is 1. The van der Waals surface area contributed by atoms with Gasteiger partial charge in [0, 0.05) is 41.7 Å². The molecule has 3 aliphatic heterocycles. The number of ketones is 1. The number of allylic oxidation sites excluding steroid dienone is 5. The number of amides is 2. The largest absolute Gasteiger partial charge is 0.478 e. The number of hydrogen-bond acceptors (Lipinski definition) is 5. The molecule has 3 heterocycles. The van der Waals surface area contributed by atoms with Crippen LogP contribution in [0.25, 0.3) is 5.57 Å². The fourth-order valence-electron chi connectivity index (χ4n) is 7.28. The number of carboxylic acids is 1. The molecule has 3 saturated heterocycles. The molecular formula is C36H33F3N3O5+. The Balaban J connectivity index is 1.41. The van der Waals surface area contributed by atoms with Crippen LogP contribution in [0.1, 0.15) is 71.0 Å². The molecule has 0 saturated carbocycles. The Morgan fingerprint density at radius 2 is 1.60 bits per heavy atom. The number of rotatable bonds is 6. The molecule has 0 spiro atoms. The molecule has 2 amide bonds. The number of fused-ring (bicyclic) bond motifs is 2. The normalized spacial score (nSPS) is 24.1. The van der Waals surface area contributed by atoms with Crippen molar-refractivity contribution in [1.29, 1.82) is 0 Å². The third kappa shape index (κ3) is 5.12.